The second-order valence-corrected chi connectivity index (χ2v) is 2.86. The molecule has 1 rings (SSSR count). The Morgan fingerprint density at radius 3 is 2.91 bits per heavy atom. The molecule has 0 aromatic rings. The van der Waals surface area contributed by atoms with E-state index < -0.39 is 11.3 Å². The highest BCUT2D eigenvalue weighted by molar-refractivity contribution is 6.65. The highest BCUT2D eigenvalue weighted by atomic mass is 35.5. The van der Waals surface area contributed by atoms with Gasteiger partial charge in [0.15, 0.2) is 0 Å². The molecule has 2 nitrogen and oxygen atoms in total. The van der Waals surface area contributed by atoms with Gasteiger partial charge in [-0.05, 0) is 30.0 Å². The molecule has 1 aliphatic rings. The maximum absolute atomic E-state index is 10.6. The topological polar surface area (TPSA) is 43.1 Å². The van der Waals surface area contributed by atoms with Gasteiger partial charge in [0.05, 0.1) is 0 Å². The lowest BCUT2D eigenvalue weighted by Crippen LogP contribution is -2.29. The van der Waals surface area contributed by atoms with Crippen LogP contribution in [0.2, 0.25) is 0 Å². The Hall–Kier alpha value is -0.600. The predicted molar refractivity (Wildman–Crippen MR) is 45.3 cm³/mol. The van der Waals surface area contributed by atoms with Crippen LogP contribution in [-0.4, -0.2) is 11.3 Å². The molecule has 0 fully saturated rings. The number of carbonyl (C=O) groups is 1. The first-order chi connectivity index (χ1) is 5.22. The molecule has 0 radical (unpaired) electrons. The Morgan fingerprint density at radius 2 is 2.45 bits per heavy atom. The third-order valence-electron chi connectivity index (χ3n) is 1.69. The van der Waals surface area contributed by atoms with Crippen molar-refractivity contribution in [3.05, 3.63) is 23.8 Å². The summed E-state index contributed by atoms with van der Waals surface area (Å²) in [5, 5.41) is -0.480. The van der Waals surface area contributed by atoms with Gasteiger partial charge in [0.1, 0.15) is 6.04 Å². The normalized spacial score (nSPS) is 19.3. The Balaban J connectivity index is 2.66. The van der Waals surface area contributed by atoms with Crippen LogP contribution in [0.25, 0.3) is 0 Å². The second kappa shape index (κ2) is 3.69. The number of hydrogen-bond acceptors (Lipinski definition) is 2. The van der Waals surface area contributed by atoms with E-state index in [9.17, 15) is 4.79 Å². The summed E-state index contributed by atoms with van der Waals surface area (Å²) < 4.78 is 0. The molecule has 0 aromatic carbocycles. The molecule has 3 heteroatoms. The van der Waals surface area contributed by atoms with Crippen molar-refractivity contribution >= 4 is 16.8 Å². The van der Waals surface area contributed by atoms with Gasteiger partial charge in [0, 0.05) is 0 Å². The third-order valence-corrected chi connectivity index (χ3v) is 1.93. The van der Waals surface area contributed by atoms with Gasteiger partial charge in [0.2, 0.25) is 5.24 Å². The number of allylic oxidation sites excluding steroid dienone is 3. The lowest BCUT2D eigenvalue weighted by molar-refractivity contribution is -0.112. The minimum absolute atomic E-state index is 0.480. The molecule has 0 amide bonds. The van der Waals surface area contributed by atoms with Crippen LogP contribution in [0.1, 0.15) is 12.8 Å². The lowest BCUT2D eigenvalue weighted by atomic mass is 9.99. The summed E-state index contributed by atoms with van der Waals surface area (Å²) in [5.41, 5.74) is 6.43. The first kappa shape index (κ1) is 8.50. The first-order valence-corrected chi connectivity index (χ1v) is 3.90. The van der Waals surface area contributed by atoms with Crippen LogP contribution in [0.5, 0.6) is 0 Å². The number of hydrogen-bond donors (Lipinski definition) is 1. The van der Waals surface area contributed by atoms with E-state index in [1.54, 1.807) is 0 Å². The van der Waals surface area contributed by atoms with Crippen LogP contribution in [0.3, 0.4) is 0 Å². The standard InChI is InChI=1S/C8H10ClNO/c9-8(11)7(10)6-4-2-1-3-5-6/h1-2,4,7H,3,5,10H2/t7-/m1/s1. The molecule has 0 bridgehead atoms. The minimum atomic E-state index is -0.610. The van der Waals surface area contributed by atoms with Gasteiger partial charge in [-0.1, -0.05) is 18.2 Å². The van der Waals surface area contributed by atoms with Crippen molar-refractivity contribution in [1.82, 2.24) is 0 Å². The fourth-order valence-electron chi connectivity index (χ4n) is 1.03. The van der Waals surface area contributed by atoms with Crippen LogP contribution in [0, 0.1) is 0 Å². The van der Waals surface area contributed by atoms with E-state index in [0.29, 0.717) is 0 Å². The highest BCUT2D eigenvalue weighted by Crippen LogP contribution is 2.15. The van der Waals surface area contributed by atoms with Gasteiger partial charge in [-0.2, -0.15) is 0 Å². The van der Waals surface area contributed by atoms with E-state index in [2.05, 4.69) is 0 Å². The molecular formula is C8H10ClNO. The molecule has 0 aromatic heterocycles. The molecule has 0 saturated heterocycles. The Morgan fingerprint density at radius 1 is 1.73 bits per heavy atom. The Labute approximate surface area is 70.7 Å². The van der Waals surface area contributed by atoms with Crippen molar-refractivity contribution < 1.29 is 4.79 Å². The molecule has 0 unspecified atom stereocenters. The molecule has 11 heavy (non-hydrogen) atoms. The van der Waals surface area contributed by atoms with Gasteiger partial charge in [-0.15, -0.1) is 0 Å². The lowest BCUT2D eigenvalue weighted by Gasteiger charge is -2.12. The van der Waals surface area contributed by atoms with E-state index in [-0.39, 0.29) is 0 Å². The van der Waals surface area contributed by atoms with Gasteiger partial charge in [-0.3, -0.25) is 4.79 Å². The molecule has 0 spiro atoms. The van der Waals surface area contributed by atoms with Crippen molar-refractivity contribution in [2.45, 2.75) is 18.9 Å². The summed E-state index contributed by atoms with van der Waals surface area (Å²) in [4.78, 5) is 10.6. The van der Waals surface area contributed by atoms with Crippen LogP contribution >= 0.6 is 11.6 Å². The predicted octanol–water partition coefficient (Wildman–Crippen LogP) is 1.36. The molecular weight excluding hydrogens is 162 g/mol. The summed E-state index contributed by atoms with van der Waals surface area (Å²) in [6.45, 7) is 0. The summed E-state index contributed by atoms with van der Waals surface area (Å²) in [6, 6.07) is -0.610. The van der Waals surface area contributed by atoms with Crippen molar-refractivity contribution in [2.24, 2.45) is 5.73 Å². The maximum Gasteiger partial charge on any atom is 0.242 e. The molecule has 0 aliphatic heterocycles. The smallest absolute Gasteiger partial charge is 0.242 e. The summed E-state index contributed by atoms with van der Waals surface area (Å²) >= 11 is 5.23. The van der Waals surface area contributed by atoms with Crippen molar-refractivity contribution in [3.63, 3.8) is 0 Å². The second-order valence-electron chi connectivity index (χ2n) is 2.49. The summed E-state index contributed by atoms with van der Waals surface area (Å²) in [6.07, 6.45) is 7.59. The summed E-state index contributed by atoms with van der Waals surface area (Å²) in [7, 11) is 0. The number of rotatable bonds is 2. The average molecular weight is 172 g/mol. The summed E-state index contributed by atoms with van der Waals surface area (Å²) in [5.74, 6) is 0. The SMILES string of the molecule is N[C@@H](C(=O)Cl)C1=CC=CCC1. The van der Waals surface area contributed by atoms with Gasteiger partial charge in [0.25, 0.3) is 0 Å². The quantitative estimate of drug-likeness (QED) is 0.638. The molecule has 0 heterocycles. The molecule has 1 aliphatic carbocycles. The fraction of sp³-hybridized carbons (Fsp3) is 0.375. The Bertz CT molecular complexity index is 220. The van der Waals surface area contributed by atoms with E-state index in [1.165, 1.54) is 0 Å². The maximum atomic E-state index is 10.6. The van der Waals surface area contributed by atoms with Crippen LogP contribution in [0.15, 0.2) is 23.8 Å². The molecule has 60 valence electrons. The van der Waals surface area contributed by atoms with Crippen molar-refractivity contribution in [1.29, 1.82) is 0 Å². The number of carbonyl (C=O) groups excluding carboxylic acids is 1. The van der Waals surface area contributed by atoms with E-state index >= 15 is 0 Å². The average Bonchev–Trinajstić information content (AvgIpc) is 2.05. The van der Waals surface area contributed by atoms with E-state index in [4.69, 9.17) is 17.3 Å². The molecule has 1 atom stereocenters. The largest absolute Gasteiger partial charge is 0.317 e. The monoisotopic (exact) mass is 171 g/mol. The zero-order valence-corrected chi connectivity index (χ0v) is 6.84. The van der Waals surface area contributed by atoms with Gasteiger partial charge >= 0.3 is 0 Å². The van der Waals surface area contributed by atoms with Crippen LogP contribution in [-0.2, 0) is 4.79 Å². The zero-order valence-electron chi connectivity index (χ0n) is 6.09. The number of nitrogens with two attached hydrogens (primary N) is 1. The van der Waals surface area contributed by atoms with Crippen LogP contribution < -0.4 is 5.73 Å². The molecule has 2 N–H and O–H groups in total. The highest BCUT2D eigenvalue weighted by Gasteiger charge is 2.15. The van der Waals surface area contributed by atoms with Gasteiger partial charge < -0.3 is 5.73 Å². The van der Waals surface area contributed by atoms with Crippen molar-refractivity contribution in [2.75, 3.05) is 0 Å². The van der Waals surface area contributed by atoms with Gasteiger partial charge in [-0.25, -0.2) is 0 Å². The molecule has 0 saturated carbocycles. The van der Waals surface area contributed by atoms with E-state index in [1.807, 2.05) is 18.2 Å². The van der Waals surface area contributed by atoms with Crippen LogP contribution in [0.4, 0.5) is 0 Å². The Kier molecular flexibility index (Phi) is 2.85. The zero-order chi connectivity index (χ0) is 8.27. The van der Waals surface area contributed by atoms with E-state index in [0.717, 1.165) is 18.4 Å². The number of halogens is 1. The minimum Gasteiger partial charge on any atom is -0.317 e. The van der Waals surface area contributed by atoms with Crippen molar-refractivity contribution in [3.8, 4) is 0 Å². The first-order valence-electron chi connectivity index (χ1n) is 3.52. The fourth-order valence-corrected chi connectivity index (χ4v) is 1.17. The third kappa shape index (κ3) is 2.17.